The van der Waals surface area contributed by atoms with Crippen LogP contribution in [0.3, 0.4) is 0 Å². The van der Waals surface area contributed by atoms with Crippen LogP contribution in [0.4, 0.5) is 0 Å². The zero-order chi connectivity index (χ0) is 14.4. The fraction of sp³-hybridized carbons (Fsp3) is 0.846. The first kappa shape index (κ1) is 15.9. The first-order chi connectivity index (χ1) is 8.93. The lowest BCUT2D eigenvalue weighted by Gasteiger charge is -2.33. The van der Waals surface area contributed by atoms with Crippen LogP contribution in [0.25, 0.3) is 0 Å². The molecule has 6 heteroatoms. The van der Waals surface area contributed by atoms with E-state index in [4.69, 9.17) is 0 Å². The van der Waals surface area contributed by atoms with Crippen molar-refractivity contribution >= 4 is 11.8 Å². The Hall–Kier alpha value is -1.14. The summed E-state index contributed by atoms with van der Waals surface area (Å²) >= 11 is 0. The minimum Gasteiger partial charge on any atom is -0.347 e. The summed E-state index contributed by atoms with van der Waals surface area (Å²) in [4.78, 5) is 29.5. The van der Waals surface area contributed by atoms with Crippen LogP contribution < -0.4 is 5.32 Å². The molecule has 0 aromatic rings. The summed E-state index contributed by atoms with van der Waals surface area (Å²) in [6.45, 7) is 9.16. The number of rotatable bonds is 5. The molecule has 0 spiro atoms. The largest absolute Gasteiger partial charge is 0.347 e. The number of carbonyl (C=O) groups is 2. The topological polar surface area (TPSA) is 55.9 Å². The van der Waals surface area contributed by atoms with Crippen LogP contribution in [-0.4, -0.2) is 85.9 Å². The Bertz CT molecular complexity index is 312. The Morgan fingerprint density at radius 2 is 1.68 bits per heavy atom. The second-order valence-corrected chi connectivity index (χ2v) is 5.23. The fourth-order valence-corrected chi connectivity index (χ4v) is 2.20. The number of hydrogen-bond acceptors (Lipinski definition) is 4. The summed E-state index contributed by atoms with van der Waals surface area (Å²) in [5.74, 6) is -0.156. The maximum atomic E-state index is 11.9. The van der Waals surface area contributed by atoms with Gasteiger partial charge in [0.1, 0.15) is 6.04 Å². The van der Waals surface area contributed by atoms with Crippen molar-refractivity contribution in [3.8, 4) is 0 Å². The maximum absolute atomic E-state index is 11.9. The van der Waals surface area contributed by atoms with E-state index in [0.717, 1.165) is 32.7 Å². The third-order valence-corrected chi connectivity index (χ3v) is 3.47. The van der Waals surface area contributed by atoms with E-state index < -0.39 is 6.04 Å². The molecule has 110 valence electrons. The molecule has 19 heavy (non-hydrogen) atoms. The molecule has 1 atom stereocenters. The zero-order valence-corrected chi connectivity index (χ0v) is 12.5. The highest BCUT2D eigenvalue weighted by Gasteiger charge is 2.21. The van der Waals surface area contributed by atoms with E-state index in [1.165, 1.54) is 4.90 Å². The van der Waals surface area contributed by atoms with Crippen molar-refractivity contribution in [2.24, 2.45) is 0 Å². The molecule has 2 amide bonds. The average molecular weight is 270 g/mol. The highest BCUT2D eigenvalue weighted by molar-refractivity contribution is 5.87. The summed E-state index contributed by atoms with van der Waals surface area (Å²) in [5, 5.41) is 2.75. The van der Waals surface area contributed by atoms with Gasteiger partial charge in [0, 0.05) is 40.3 Å². The summed E-state index contributed by atoms with van der Waals surface area (Å²) in [6, 6.07) is -0.459. The van der Waals surface area contributed by atoms with Gasteiger partial charge in [-0.25, -0.2) is 0 Å². The highest BCUT2D eigenvalue weighted by Crippen LogP contribution is 2.00. The Balaban J connectivity index is 2.30. The van der Waals surface area contributed by atoms with E-state index in [0.29, 0.717) is 6.54 Å². The molecule has 1 rings (SSSR count). The summed E-state index contributed by atoms with van der Waals surface area (Å²) < 4.78 is 0. The van der Waals surface area contributed by atoms with E-state index in [-0.39, 0.29) is 11.8 Å². The normalized spacial score (nSPS) is 18.9. The van der Waals surface area contributed by atoms with Crippen LogP contribution in [0, 0.1) is 0 Å². The molecule has 0 radical (unpaired) electrons. The molecular weight excluding hydrogens is 244 g/mol. The molecule has 0 aromatic carbocycles. The fourth-order valence-electron chi connectivity index (χ4n) is 2.20. The van der Waals surface area contributed by atoms with Crippen molar-refractivity contribution < 1.29 is 9.59 Å². The molecule has 0 bridgehead atoms. The van der Waals surface area contributed by atoms with Crippen molar-refractivity contribution in [2.45, 2.75) is 19.9 Å². The molecule has 1 aliphatic rings. The predicted octanol–water partition coefficient (Wildman–Crippen LogP) is -0.783. The minimum absolute atomic E-state index is 0.0763. The molecule has 1 heterocycles. The maximum Gasteiger partial charge on any atom is 0.244 e. The molecule has 0 aromatic heterocycles. The highest BCUT2D eigenvalue weighted by atomic mass is 16.2. The number of likely N-dealkylation sites (N-methyl/N-ethyl adjacent to an activating group) is 2. The van der Waals surface area contributed by atoms with Gasteiger partial charge in [-0.3, -0.25) is 14.5 Å². The van der Waals surface area contributed by atoms with Crippen LogP contribution in [0.1, 0.15) is 13.8 Å². The van der Waals surface area contributed by atoms with Crippen molar-refractivity contribution in [1.29, 1.82) is 0 Å². The van der Waals surface area contributed by atoms with Crippen LogP contribution in [-0.2, 0) is 9.59 Å². The number of hydrogen-bond donors (Lipinski definition) is 1. The van der Waals surface area contributed by atoms with E-state index in [1.54, 1.807) is 21.0 Å². The number of nitrogens with one attached hydrogen (secondary N) is 1. The van der Waals surface area contributed by atoms with Crippen LogP contribution in [0.2, 0.25) is 0 Å². The monoisotopic (exact) mass is 270 g/mol. The van der Waals surface area contributed by atoms with Gasteiger partial charge >= 0.3 is 0 Å². The van der Waals surface area contributed by atoms with Gasteiger partial charge in [-0.15, -0.1) is 0 Å². The van der Waals surface area contributed by atoms with E-state index >= 15 is 0 Å². The number of carbonyl (C=O) groups excluding carboxylic acids is 2. The van der Waals surface area contributed by atoms with Gasteiger partial charge in [-0.1, -0.05) is 6.92 Å². The smallest absolute Gasteiger partial charge is 0.244 e. The summed E-state index contributed by atoms with van der Waals surface area (Å²) in [5.41, 5.74) is 0. The Morgan fingerprint density at radius 3 is 2.16 bits per heavy atom. The van der Waals surface area contributed by atoms with E-state index in [1.807, 2.05) is 0 Å². The molecular formula is C13H26N4O2. The zero-order valence-electron chi connectivity index (χ0n) is 12.5. The van der Waals surface area contributed by atoms with Gasteiger partial charge in [-0.2, -0.15) is 0 Å². The SMILES string of the molecule is CCN1CCN(CC(=O)NC(C)C(=O)N(C)C)CC1. The first-order valence-electron chi connectivity index (χ1n) is 6.89. The van der Waals surface area contributed by atoms with E-state index in [9.17, 15) is 9.59 Å². The number of amides is 2. The Morgan fingerprint density at radius 1 is 1.16 bits per heavy atom. The lowest BCUT2D eigenvalue weighted by Crippen LogP contribution is -2.51. The van der Waals surface area contributed by atoms with Crippen LogP contribution in [0.5, 0.6) is 0 Å². The Labute approximate surface area is 115 Å². The van der Waals surface area contributed by atoms with Crippen molar-refractivity contribution in [3.63, 3.8) is 0 Å². The molecule has 6 nitrogen and oxygen atoms in total. The first-order valence-corrected chi connectivity index (χ1v) is 6.89. The van der Waals surface area contributed by atoms with Gasteiger partial charge in [-0.05, 0) is 13.5 Å². The lowest BCUT2D eigenvalue weighted by atomic mass is 10.2. The molecule has 1 saturated heterocycles. The Kier molecular flexibility index (Phi) is 6.24. The van der Waals surface area contributed by atoms with Gasteiger partial charge in [0.15, 0.2) is 0 Å². The quantitative estimate of drug-likeness (QED) is 0.712. The molecule has 1 aliphatic heterocycles. The third-order valence-electron chi connectivity index (χ3n) is 3.47. The van der Waals surface area contributed by atoms with Gasteiger partial charge in [0.25, 0.3) is 0 Å². The van der Waals surface area contributed by atoms with Gasteiger partial charge < -0.3 is 15.1 Å². The summed E-state index contributed by atoms with van der Waals surface area (Å²) in [6.07, 6.45) is 0. The average Bonchev–Trinajstić information content (AvgIpc) is 2.38. The van der Waals surface area contributed by atoms with Crippen molar-refractivity contribution in [1.82, 2.24) is 20.0 Å². The lowest BCUT2D eigenvalue weighted by molar-refractivity contribution is -0.134. The van der Waals surface area contributed by atoms with E-state index in [2.05, 4.69) is 22.0 Å². The predicted molar refractivity (Wildman–Crippen MR) is 74.9 cm³/mol. The second-order valence-electron chi connectivity index (χ2n) is 5.23. The minimum atomic E-state index is -0.459. The van der Waals surface area contributed by atoms with Crippen LogP contribution in [0.15, 0.2) is 0 Å². The van der Waals surface area contributed by atoms with Crippen molar-refractivity contribution in [2.75, 3.05) is 53.4 Å². The third kappa shape index (κ3) is 5.16. The molecule has 1 N–H and O–H groups in total. The van der Waals surface area contributed by atoms with Gasteiger partial charge in [0.05, 0.1) is 6.54 Å². The van der Waals surface area contributed by atoms with Gasteiger partial charge in [0.2, 0.25) is 11.8 Å². The van der Waals surface area contributed by atoms with Crippen LogP contribution >= 0.6 is 0 Å². The molecule has 0 aliphatic carbocycles. The molecule has 1 fully saturated rings. The molecule has 0 saturated carbocycles. The molecule has 1 unspecified atom stereocenters. The number of nitrogens with zero attached hydrogens (tertiary/aromatic N) is 3. The standard InChI is InChI=1S/C13H26N4O2/c1-5-16-6-8-17(9-7-16)10-12(18)14-11(2)13(19)15(3)4/h11H,5-10H2,1-4H3,(H,14,18). The second kappa shape index (κ2) is 7.45. The number of piperazine rings is 1. The summed E-state index contributed by atoms with van der Waals surface area (Å²) in [7, 11) is 3.38. The van der Waals surface area contributed by atoms with Crippen molar-refractivity contribution in [3.05, 3.63) is 0 Å².